The highest BCUT2D eigenvalue weighted by Gasteiger charge is 2.03. The van der Waals surface area contributed by atoms with Crippen molar-refractivity contribution in [2.24, 2.45) is 0 Å². The summed E-state index contributed by atoms with van der Waals surface area (Å²) < 4.78 is 27.7. The molecule has 2 aromatic rings. The maximum atomic E-state index is 13.0. The molecule has 1 N–H and O–H groups in total. The van der Waals surface area contributed by atoms with E-state index in [4.69, 9.17) is 0 Å². The van der Waals surface area contributed by atoms with E-state index >= 15 is 0 Å². The lowest BCUT2D eigenvalue weighted by molar-refractivity contribution is 0.505. The molecule has 0 spiro atoms. The van der Waals surface area contributed by atoms with Gasteiger partial charge in [0, 0.05) is 25.8 Å². The smallest absolute Gasteiger partial charge is 0.159 e. The van der Waals surface area contributed by atoms with Crippen LogP contribution in [0.2, 0.25) is 0 Å². The number of hydrogen-bond acceptors (Lipinski definition) is 2. The lowest BCUT2D eigenvalue weighted by Crippen LogP contribution is -2.15. The molecule has 0 fully saturated rings. The molecule has 0 unspecified atom stereocenters. The van der Waals surface area contributed by atoms with Gasteiger partial charge >= 0.3 is 0 Å². The maximum Gasteiger partial charge on any atom is 0.159 e. The lowest BCUT2D eigenvalue weighted by atomic mass is 10.2. The van der Waals surface area contributed by atoms with Crippen LogP contribution in [0.4, 0.5) is 8.78 Å². The Bertz CT molecular complexity index is 523. The van der Waals surface area contributed by atoms with E-state index < -0.39 is 11.6 Å². The molecule has 2 rings (SSSR count). The molecule has 0 aliphatic rings. The summed E-state index contributed by atoms with van der Waals surface area (Å²) in [7, 11) is 0. The summed E-state index contributed by atoms with van der Waals surface area (Å²) in [4.78, 5) is 4.06. The minimum Gasteiger partial charge on any atom is -0.334 e. The largest absolute Gasteiger partial charge is 0.334 e. The number of halogens is 2. The third-order valence-electron chi connectivity index (χ3n) is 2.76. The van der Waals surface area contributed by atoms with Gasteiger partial charge in [0.25, 0.3) is 0 Å². The second-order valence-corrected chi connectivity index (χ2v) is 4.02. The van der Waals surface area contributed by atoms with Crippen molar-refractivity contribution in [2.75, 3.05) is 0 Å². The quantitative estimate of drug-likeness (QED) is 0.884. The summed E-state index contributed by atoms with van der Waals surface area (Å²) in [5.74, 6) is -1.63. The molecule has 1 heterocycles. The molecular weight excluding hydrogens is 236 g/mol. The van der Waals surface area contributed by atoms with E-state index in [-0.39, 0.29) is 0 Å². The Morgan fingerprint density at radius 3 is 2.78 bits per heavy atom. The van der Waals surface area contributed by atoms with Gasteiger partial charge in [-0.15, -0.1) is 0 Å². The number of hydrogen-bond donors (Lipinski definition) is 1. The van der Waals surface area contributed by atoms with Crippen LogP contribution in [0.1, 0.15) is 18.2 Å². The Labute approximate surface area is 104 Å². The number of aromatic nitrogens is 2. The molecule has 96 valence electrons. The third kappa shape index (κ3) is 2.92. The van der Waals surface area contributed by atoms with Crippen LogP contribution >= 0.6 is 0 Å². The summed E-state index contributed by atoms with van der Waals surface area (Å²) in [5, 5.41) is 3.18. The second kappa shape index (κ2) is 5.73. The van der Waals surface area contributed by atoms with Gasteiger partial charge in [0.05, 0.1) is 12.0 Å². The Kier molecular flexibility index (Phi) is 4.04. The summed E-state index contributed by atoms with van der Waals surface area (Å²) in [6.07, 6.45) is 3.57. The highest BCUT2D eigenvalue weighted by Crippen LogP contribution is 2.08. The molecule has 5 heteroatoms. The van der Waals surface area contributed by atoms with Gasteiger partial charge in [-0.25, -0.2) is 13.8 Å². The predicted octanol–water partition coefficient (Wildman–Crippen LogP) is 2.47. The minimum absolute atomic E-state index is 0.492. The number of rotatable bonds is 5. The minimum atomic E-state index is -0.817. The zero-order chi connectivity index (χ0) is 13.0. The van der Waals surface area contributed by atoms with E-state index in [2.05, 4.69) is 10.3 Å². The van der Waals surface area contributed by atoms with Crippen LogP contribution in [0.15, 0.2) is 30.7 Å². The van der Waals surface area contributed by atoms with Crippen molar-refractivity contribution in [1.29, 1.82) is 0 Å². The molecule has 0 aliphatic heterocycles. The Morgan fingerprint density at radius 2 is 2.06 bits per heavy atom. The highest BCUT2D eigenvalue weighted by atomic mass is 19.2. The first kappa shape index (κ1) is 12.7. The number of benzene rings is 1. The van der Waals surface area contributed by atoms with Crippen LogP contribution in [0.25, 0.3) is 0 Å². The number of imidazole rings is 1. The van der Waals surface area contributed by atoms with Crippen molar-refractivity contribution < 1.29 is 8.78 Å². The molecule has 0 saturated heterocycles. The summed E-state index contributed by atoms with van der Waals surface area (Å²) in [5.41, 5.74) is 1.79. The van der Waals surface area contributed by atoms with Gasteiger partial charge in [0.2, 0.25) is 0 Å². The molecule has 1 aromatic carbocycles. The van der Waals surface area contributed by atoms with Crippen LogP contribution in [0.5, 0.6) is 0 Å². The lowest BCUT2D eigenvalue weighted by Gasteiger charge is -2.07. The van der Waals surface area contributed by atoms with Crippen molar-refractivity contribution in [3.8, 4) is 0 Å². The van der Waals surface area contributed by atoms with E-state index in [0.717, 1.165) is 23.9 Å². The van der Waals surface area contributed by atoms with Crippen molar-refractivity contribution in [1.82, 2.24) is 14.9 Å². The highest BCUT2D eigenvalue weighted by molar-refractivity contribution is 5.17. The Balaban J connectivity index is 1.90. The predicted molar refractivity (Wildman–Crippen MR) is 64.8 cm³/mol. The zero-order valence-electron chi connectivity index (χ0n) is 10.2. The van der Waals surface area contributed by atoms with E-state index in [9.17, 15) is 8.78 Å². The topological polar surface area (TPSA) is 29.9 Å². The van der Waals surface area contributed by atoms with Gasteiger partial charge in [-0.3, -0.25) is 0 Å². The molecule has 0 bridgehead atoms. The maximum absolute atomic E-state index is 13.0. The van der Waals surface area contributed by atoms with Crippen molar-refractivity contribution in [3.63, 3.8) is 0 Å². The van der Waals surface area contributed by atoms with Crippen LogP contribution < -0.4 is 5.32 Å². The van der Waals surface area contributed by atoms with Gasteiger partial charge in [-0.2, -0.15) is 0 Å². The van der Waals surface area contributed by atoms with E-state index in [1.54, 1.807) is 18.6 Å². The average molecular weight is 251 g/mol. The second-order valence-electron chi connectivity index (χ2n) is 4.02. The normalized spacial score (nSPS) is 10.8. The van der Waals surface area contributed by atoms with E-state index in [0.29, 0.717) is 13.1 Å². The summed E-state index contributed by atoms with van der Waals surface area (Å²) in [6, 6.07) is 3.92. The number of nitrogens with one attached hydrogen (secondary N) is 1. The van der Waals surface area contributed by atoms with Gasteiger partial charge < -0.3 is 9.88 Å². The van der Waals surface area contributed by atoms with Gasteiger partial charge in [0.1, 0.15) is 0 Å². The van der Waals surface area contributed by atoms with Crippen molar-refractivity contribution in [3.05, 3.63) is 53.6 Å². The molecular formula is C13H15F2N3. The number of aryl methyl sites for hydroxylation is 1. The Hall–Kier alpha value is -1.75. The van der Waals surface area contributed by atoms with Crippen LogP contribution in [-0.2, 0) is 19.6 Å². The standard InChI is InChI=1S/C13H15F2N3/c1-2-18-9-17-8-11(18)7-16-6-10-3-4-12(14)13(15)5-10/h3-5,8-9,16H,2,6-7H2,1H3. The molecule has 1 aromatic heterocycles. The molecule has 0 atom stereocenters. The molecule has 0 radical (unpaired) electrons. The van der Waals surface area contributed by atoms with Gasteiger partial charge in [0.15, 0.2) is 11.6 Å². The fourth-order valence-electron chi connectivity index (χ4n) is 1.76. The van der Waals surface area contributed by atoms with E-state index in [1.165, 1.54) is 6.07 Å². The first-order valence-electron chi connectivity index (χ1n) is 5.84. The third-order valence-corrected chi connectivity index (χ3v) is 2.76. The molecule has 0 aliphatic carbocycles. The fourth-order valence-corrected chi connectivity index (χ4v) is 1.76. The Morgan fingerprint density at radius 1 is 1.22 bits per heavy atom. The zero-order valence-corrected chi connectivity index (χ0v) is 10.2. The molecule has 18 heavy (non-hydrogen) atoms. The first-order chi connectivity index (χ1) is 8.70. The summed E-state index contributed by atoms with van der Waals surface area (Å²) in [6.45, 7) is 4.04. The van der Waals surface area contributed by atoms with Crippen molar-refractivity contribution >= 4 is 0 Å². The monoisotopic (exact) mass is 251 g/mol. The van der Waals surface area contributed by atoms with Crippen LogP contribution in [0, 0.1) is 11.6 Å². The molecule has 0 amide bonds. The van der Waals surface area contributed by atoms with E-state index in [1.807, 2.05) is 11.5 Å². The molecule has 0 saturated carbocycles. The van der Waals surface area contributed by atoms with Crippen LogP contribution in [-0.4, -0.2) is 9.55 Å². The van der Waals surface area contributed by atoms with Gasteiger partial charge in [-0.05, 0) is 24.6 Å². The molecule has 3 nitrogen and oxygen atoms in total. The van der Waals surface area contributed by atoms with Crippen LogP contribution in [0.3, 0.4) is 0 Å². The summed E-state index contributed by atoms with van der Waals surface area (Å²) >= 11 is 0. The SMILES string of the molecule is CCn1cncc1CNCc1ccc(F)c(F)c1. The van der Waals surface area contributed by atoms with Crippen molar-refractivity contribution in [2.45, 2.75) is 26.6 Å². The van der Waals surface area contributed by atoms with Gasteiger partial charge in [-0.1, -0.05) is 6.07 Å². The average Bonchev–Trinajstić information content (AvgIpc) is 2.81. The number of nitrogens with zero attached hydrogens (tertiary/aromatic N) is 2. The fraction of sp³-hybridized carbons (Fsp3) is 0.308. The first-order valence-corrected chi connectivity index (χ1v) is 5.84.